The van der Waals surface area contributed by atoms with Crippen LogP contribution in [0.4, 0.5) is 4.79 Å². The van der Waals surface area contributed by atoms with Gasteiger partial charge in [0.15, 0.2) is 0 Å². The van der Waals surface area contributed by atoms with Crippen LogP contribution in [-0.4, -0.2) is 61.7 Å². The maximum Gasteiger partial charge on any atom is 0.315 e. The Morgan fingerprint density at radius 1 is 1.38 bits per heavy atom. The first kappa shape index (κ1) is 17.4. The summed E-state index contributed by atoms with van der Waals surface area (Å²) in [4.78, 5) is 23.2. The number of hydrogen-bond donors (Lipinski definition) is 3. The summed E-state index contributed by atoms with van der Waals surface area (Å²) in [6.07, 6.45) is 3.36. The summed E-state index contributed by atoms with van der Waals surface area (Å²) in [5.74, 6) is -0.446. The van der Waals surface area contributed by atoms with E-state index in [1.165, 1.54) is 0 Å². The van der Waals surface area contributed by atoms with Crippen molar-refractivity contribution in [3.05, 3.63) is 0 Å². The molecule has 136 valence electrons. The topological polar surface area (TPSA) is 112 Å². The third kappa shape index (κ3) is 3.36. The van der Waals surface area contributed by atoms with E-state index in [1.54, 1.807) is 0 Å². The van der Waals surface area contributed by atoms with E-state index >= 15 is 0 Å². The van der Waals surface area contributed by atoms with Crippen LogP contribution in [0.1, 0.15) is 39.0 Å². The Bertz CT molecular complexity index is 480. The van der Waals surface area contributed by atoms with Gasteiger partial charge in [-0.2, -0.15) is 0 Å². The van der Waals surface area contributed by atoms with E-state index in [2.05, 4.69) is 10.6 Å². The van der Waals surface area contributed by atoms with Gasteiger partial charge in [-0.15, -0.1) is 0 Å². The number of carbonyl (C=O) groups excluding carboxylic acids is 2. The van der Waals surface area contributed by atoms with E-state index in [0.29, 0.717) is 26.2 Å². The molecule has 3 aliphatic rings. The largest absolute Gasteiger partial charge is 0.375 e. The van der Waals surface area contributed by atoms with Crippen LogP contribution in [0.15, 0.2) is 0 Å². The monoisotopic (exact) mass is 341 g/mol. The highest BCUT2D eigenvalue weighted by Gasteiger charge is 2.59. The van der Waals surface area contributed by atoms with Gasteiger partial charge in [0.2, 0.25) is 5.91 Å². The van der Waals surface area contributed by atoms with Crippen molar-refractivity contribution in [2.24, 2.45) is 5.73 Å². The fourth-order valence-electron chi connectivity index (χ4n) is 3.96. The molecule has 1 aliphatic carbocycles. The minimum absolute atomic E-state index is 0.0283. The minimum atomic E-state index is -0.534. The van der Waals surface area contributed by atoms with E-state index in [1.807, 2.05) is 6.92 Å². The number of rotatable bonds is 6. The second kappa shape index (κ2) is 7.25. The zero-order chi connectivity index (χ0) is 17.2. The summed E-state index contributed by atoms with van der Waals surface area (Å²) in [6, 6.07) is -0.268. The van der Waals surface area contributed by atoms with E-state index in [4.69, 9.17) is 19.9 Å². The van der Waals surface area contributed by atoms with Gasteiger partial charge in [-0.1, -0.05) is 0 Å². The Morgan fingerprint density at radius 3 is 2.83 bits per heavy atom. The Balaban J connectivity index is 1.43. The van der Waals surface area contributed by atoms with Crippen LogP contribution in [0.2, 0.25) is 0 Å². The molecular weight excluding hydrogens is 314 g/mol. The van der Waals surface area contributed by atoms with Crippen LogP contribution in [0.3, 0.4) is 0 Å². The van der Waals surface area contributed by atoms with Gasteiger partial charge in [0.1, 0.15) is 11.7 Å². The van der Waals surface area contributed by atoms with Crippen molar-refractivity contribution in [1.82, 2.24) is 10.6 Å². The highest BCUT2D eigenvalue weighted by atomic mass is 16.6. The van der Waals surface area contributed by atoms with Gasteiger partial charge in [0.05, 0.1) is 18.2 Å². The summed E-state index contributed by atoms with van der Waals surface area (Å²) in [6.45, 7) is 3.70. The van der Waals surface area contributed by atoms with Crippen molar-refractivity contribution in [1.29, 1.82) is 0 Å². The second-order valence-electron chi connectivity index (χ2n) is 6.72. The Morgan fingerprint density at radius 2 is 2.21 bits per heavy atom. The van der Waals surface area contributed by atoms with E-state index in [9.17, 15) is 9.59 Å². The normalized spacial score (nSPS) is 38.0. The SMILES string of the molecule is CCOC1CC(NC(=O)NCC2CCC(C(N)=O)O2)C12CCCO2. The molecule has 8 heteroatoms. The molecule has 3 amide bonds. The summed E-state index contributed by atoms with van der Waals surface area (Å²) < 4.78 is 17.2. The van der Waals surface area contributed by atoms with Gasteiger partial charge in [-0.3, -0.25) is 4.79 Å². The average molecular weight is 341 g/mol. The average Bonchev–Trinajstić information content (AvgIpc) is 3.22. The van der Waals surface area contributed by atoms with Crippen molar-refractivity contribution >= 4 is 11.9 Å². The van der Waals surface area contributed by atoms with Crippen LogP contribution < -0.4 is 16.4 Å². The molecule has 0 aromatic heterocycles. The summed E-state index contributed by atoms with van der Waals surface area (Å²) in [5.41, 5.74) is 4.86. The van der Waals surface area contributed by atoms with E-state index in [0.717, 1.165) is 25.7 Å². The summed E-state index contributed by atoms with van der Waals surface area (Å²) in [7, 11) is 0. The van der Waals surface area contributed by atoms with Gasteiger partial charge in [0.25, 0.3) is 0 Å². The standard InChI is InChI=1S/C16H27N3O5/c1-2-22-13-8-12(16(13)6-3-7-23-16)19-15(21)18-9-10-4-5-11(24-10)14(17)20/h10-13H,2-9H2,1H3,(H2,17,20)(H2,18,19,21). The first-order valence-corrected chi connectivity index (χ1v) is 8.80. The Labute approximate surface area is 141 Å². The number of primary amides is 1. The van der Waals surface area contributed by atoms with Crippen LogP contribution in [-0.2, 0) is 19.0 Å². The fourth-order valence-corrected chi connectivity index (χ4v) is 3.96. The Hall–Kier alpha value is -1.38. The van der Waals surface area contributed by atoms with Gasteiger partial charge in [0, 0.05) is 19.8 Å². The molecule has 0 radical (unpaired) electrons. The van der Waals surface area contributed by atoms with Crippen molar-refractivity contribution in [2.75, 3.05) is 19.8 Å². The molecule has 0 aromatic rings. The van der Waals surface area contributed by atoms with Crippen molar-refractivity contribution in [3.8, 4) is 0 Å². The molecule has 0 bridgehead atoms. The molecule has 5 atom stereocenters. The molecule has 2 aliphatic heterocycles. The number of nitrogens with one attached hydrogen (secondary N) is 2. The number of urea groups is 1. The number of nitrogens with two attached hydrogens (primary N) is 1. The predicted molar refractivity (Wildman–Crippen MR) is 85.4 cm³/mol. The molecule has 8 nitrogen and oxygen atoms in total. The van der Waals surface area contributed by atoms with Crippen LogP contribution in [0.25, 0.3) is 0 Å². The predicted octanol–water partition coefficient (Wildman–Crippen LogP) is 0.0451. The fraction of sp³-hybridized carbons (Fsp3) is 0.875. The molecule has 2 saturated heterocycles. The van der Waals surface area contributed by atoms with Crippen molar-refractivity contribution < 1.29 is 23.8 Å². The molecule has 4 N–H and O–H groups in total. The summed E-state index contributed by atoms with van der Waals surface area (Å²) >= 11 is 0. The molecule has 3 rings (SSSR count). The van der Waals surface area contributed by atoms with Crippen molar-refractivity contribution in [2.45, 2.75) is 69.0 Å². The number of hydrogen-bond acceptors (Lipinski definition) is 5. The highest BCUT2D eigenvalue weighted by molar-refractivity contribution is 5.79. The maximum absolute atomic E-state index is 12.2. The molecule has 2 heterocycles. The lowest BCUT2D eigenvalue weighted by Gasteiger charge is -2.52. The lowest BCUT2D eigenvalue weighted by atomic mass is 9.70. The van der Waals surface area contributed by atoms with Gasteiger partial charge in [-0.25, -0.2) is 4.79 Å². The third-order valence-electron chi connectivity index (χ3n) is 5.26. The maximum atomic E-state index is 12.2. The smallest absolute Gasteiger partial charge is 0.315 e. The number of carbonyl (C=O) groups is 2. The number of ether oxygens (including phenoxy) is 3. The highest BCUT2D eigenvalue weighted by Crippen LogP contribution is 2.45. The lowest BCUT2D eigenvalue weighted by molar-refractivity contribution is -0.194. The van der Waals surface area contributed by atoms with Gasteiger partial charge >= 0.3 is 6.03 Å². The second-order valence-corrected chi connectivity index (χ2v) is 6.72. The lowest BCUT2D eigenvalue weighted by Crippen LogP contribution is -2.70. The zero-order valence-corrected chi connectivity index (χ0v) is 14.1. The van der Waals surface area contributed by atoms with E-state index < -0.39 is 12.0 Å². The first-order valence-electron chi connectivity index (χ1n) is 8.80. The van der Waals surface area contributed by atoms with Gasteiger partial charge in [-0.05, 0) is 39.0 Å². The van der Waals surface area contributed by atoms with Crippen LogP contribution in [0, 0.1) is 0 Å². The molecular formula is C16H27N3O5. The molecule has 0 aromatic carbocycles. The summed E-state index contributed by atoms with van der Waals surface area (Å²) in [5, 5.41) is 5.81. The molecule has 24 heavy (non-hydrogen) atoms. The van der Waals surface area contributed by atoms with Crippen LogP contribution in [0.5, 0.6) is 0 Å². The molecule has 3 fully saturated rings. The quantitative estimate of drug-likeness (QED) is 0.632. The van der Waals surface area contributed by atoms with Gasteiger partial charge < -0.3 is 30.6 Å². The molecule has 1 saturated carbocycles. The molecule has 5 unspecified atom stereocenters. The Kier molecular flexibility index (Phi) is 5.27. The minimum Gasteiger partial charge on any atom is -0.375 e. The van der Waals surface area contributed by atoms with Crippen LogP contribution >= 0.6 is 0 Å². The molecule has 1 spiro atoms. The first-order chi connectivity index (χ1) is 11.5. The third-order valence-corrected chi connectivity index (χ3v) is 5.26. The van der Waals surface area contributed by atoms with Crippen molar-refractivity contribution in [3.63, 3.8) is 0 Å². The number of amides is 3. The van der Waals surface area contributed by atoms with E-state index in [-0.39, 0.29) is 29.9 Å². The zero-order valence-electron chi connectivity index (χ0n) is 14.1.